The lowest BCUT2D eigenvalue weighted by atomic mass is 9.67. The van der Waals surface area contributed by atoms with E-state index < -0.39 is 0 Å². The van der Waals surface area contributed by atoms with Gasteiger partial charge >= 0.3 is 0 Å². The minimum absolute atomic E-state index is 0.689. The smallest absolute Gasteiger partial charge is 0.0210 e. The topological polar surface area (TPSA) is 12.0 Å². The lowest BCUT2D eigenvalue weighted by molar-refractivity contribution is 0.152. The molecule has 0 bridgehead atoms. The van der Waals surface area contributed by atoms with Gasteiger partial charge in [-0.3, -0.25) is 0 Å². The Morgan fingerprint density at radius 2 is 2.00 bits per heavy atom. The molecule has 4 unspecified atom stereocenters. The van der Waals surface area contributed by atoms with Crippen molar-refractivity contribution in [3.8, 4) is 0 Å². The van der Waals surface area contributed by atoms with Crippen LogP contribution in [0.1, 0.15) is 50.5 Å². The summed E-state index contributed by atoms with van der Waals surface area (Å²) in [6.45, 7) is 4.80. The molecule has 1 saturated heterocycles. The zero-order valence-electron chi connectivity index (χ0n) is 12.4. The van der Waals surface area contributed by atoms with E-state index in [1.54, 1.807) is 0 Å². The number of hydrogen-bond donors (Lipinski definition) is 1. The summed E-state index contributed by atoms with van der Waals surface area (Å²) >= 11 is 3.77. The second kappa shape index (κ2) is 6.62. The Morgan fingerprint density at radius 1 is 1.15 bits per heavy atom. The van der Waals surface area contributed by atoms with Crippen LogP contribution in [-0.2, 0) is 0 Å². The van der Waals surface area contributed by atoms with Gasteiger partial charge in [0.15, 0.2) is 0 Å². The summed E-state index contributed by atoms with van der Waals surface area (Å²) in [5, 5.41) is 3.62. The molecule has 1 heterocycles. The maximum atomic E-state index is 3.77. The lowest BCUT2D eigenvalue weighted by Gasteiger charge is -2.41. The Balaban J connectivity index is 1.82. The van der Waals surface area contributed by atoms with Gasteiger partial charge in [0.05, 0.1) is 0 Å². The third kappa shape index (κ3) is 3.12. The van der Waals surface area contributed by atoms with E-state index >= 15 is 0 Å². The van der Waals surface area contributed by atoms with Crippen molar-refractivity contribution < 1.29 is 0 Å². The molecule has 1 aromatic rings. The van der Waals surface area contributed by atoms with Crippen molar-refractivity contribution in [2.45, 2.75) is 44.9 Å². The van der Waals surface area contributed by atoms with E-state index in [-0.39, 0.29) is 0 Å². The van der Waals surface area contributed by atoms with Crippen LogP contribution in [0.4, 0.5) is 0 Å². The second-order valence-electron chi connectivity index (χ2n) is 6.82. The van der Waals surface area contributed by atoms with Crippen molar-refractivity contribution in [2.75, 3.05) is 13.1 Å². The molecule has 1 saturated carbocycles. The number of rotatable bonds is 2. The van der Waals surface area contributed by atoms with Gasteiger partial charge in [0.25, 0.3) is 0 Å². The Kier molecular flexibility index (Phi) is 4.83. The van der Waals surface area contributed by atoms with Gasteiger partial charge < -0.3 is 5.32 Å². The average molecular weight is 336 g/mol. The van der Waals surface area contributed by atoms with Crippen LogP contribution in [0.25, 0.3) is 0 Å². The molecule has 2 aliphatic rings. The Hall–Kier alpha value is -0.340. The Labute approximate surface area is 131 Å². The molecule has 1 aliphatic carbocycles. The fourth-order valence-electron chi connectivity index (χ4n) is 4.43. The summed E-state index contributed by atoms with van der Waals surface area (Å²) in [6, 6.07) is 8.84. The predicted molar refractivity (Wildman–Crippen MR) is 89.0 cm³/mol. The van der Waals surface area contributed by atoms with Gasteiger partial charge in [0, 0.05) is 16.9 Å². The van der Waals surface area contributed by atoms with E-state index in [0.717, 1.165) is 24.3 Å². The van der Waals surface area contributed by atoms with Crippen molar-refractivity contribution in [3.63, 3.8) is 0 Å². The average Bonchev–Trinajstić information content (AvgIpc) is 2.48. The van der Waals surface area contributed by atoms with E-state index in [2.05, 4.69) is 52.4 Å². The fourth-order valence-corrected chi connectivity index (χ4v) is 5.01. The molecule has 1 N–H and O–H groups in total. The quantitative estimate of drug-likeness (QED) is 0.804. The molecule has 0 spiro atoms. The van der Waals surface area contributed by atoms with Crippen LogP contribution in [0.2, 0.25) is 0 Å². The van der Waals surface area contributed by atoms with Gasteiger partial charge in [0.2, 0.25) is 0 Å². The molecule has 2 fully saturated rings. The van der Waals surface area contributed by atoms with Crippen molar-refractivity contribution >= 4 is 15.9 Å². The van der Waals surface area contributed by atoms with Crippen LogP contribution in [0.15, 0.2) is 28.7 Å². The highest BCUT2D eigenvalue weighted by Crippen LogP contribution is 2.44. The molecule has 2 heteroatoms. The molecule has 0 aromatic heterocycles. The van der Waals surface area contributed by atoms with E-state index in [1.165, 1.54) is 48.7 Å². The minimum Gasteiger partial charge on any atom is -0.316 e. The molecular weight excluding hydrogens is 310 g/mol. The SMILES string of the molecule is CC1CCCC(C2CCNCC2c2ccccc2Br)C1. The van der Waals surface area contributed by atoms with Gasteiger partial charge in [-0.25, -0.2) is 0 Å². The molecule has 1 aliphatic heterocycles. The monoisotopic (exact) mass is 335 g/mol. The summed E-state index contributed by atoms with van der Waals surface area (Å²) < 4.78 is 1.29. The number of benzene rings is 1. The van der Waals surface area contributed by atoms with Crippen molar-refractivity contribution in [3.05, 3.63) is 34.3 Å². The molecular formula is C18H26BrN. The van der Waals surface area contributed by atoms with Gasteiger partial charge in [-0.15, -0.1) is 0 Å². The molecule has 1 aromatic carbocycles. The normalized spacial score (nSPS) is 34.9. The van der Waals surface area contributed by atoms with E-state index in [1.807, 2.05) is 0 Å². The van der Waals surface area contributed by atoms with Crippen LogP contribution in [0.5, 0.6) is 0 Å². The zero-order chi connectivity index (χ0) is 13.9. The van der Waals surface area contributed by atoms with Crippen molar-refractivity contribution in [1.82, 2.24) is 5.32 Å². The van der Waals surface area contributed by atoms with E-state index in [9.17, 15) is 0 Å². The third-order valence-electron chi connectivity index (χ3n) is 5.42. The summed E-state index contributed by atoms with van der Waals surface area (Å²) in [7, 11) is 0. The molecule has 1 nitrogen and oxygen atoms in total. The molecule has 110 valence electrons. The van der Waals surface area contributed by atoms with Crippen LogP contribution in [-0.4, -0.2) is 13.1 Å². The van der Waals surface area contributed by atoms with Crippen molar-refractivity contribution in [2.24, 2.45) is 17.8 Å². The zero-order valence-corrected chi connectivity index (χ0v) is 14.0. The van der Waals surface area contributed by atoms with Crippen LogP contribution < -0.4 is 5.32 Å². The molecule has 0 radical (unpaired) electrons. The van der Waals surface area contributed by atoms with Crippen LogP contribution in [0.3, 0.4) is 0 Å². The molecule has 4 atom stereocenters. The second-order valence-corrected chi connectivity index (χ2v) is 7.67. The highest BCUT2D eigenvalue weighted by molar-refractivity contribution is 9.10. The van der Waals surface area contributed by atoms with Crippen molar-refractivity contribution in [1.29, 1.82) is 0 Å². The fraction of sp³-hybridized carbons (Fsp3) is 0.667. The van der Waals surface area contributed by atoms with E-state index in [0.29, 0.717) is 5.92 Å². The van der Waals surface area contributed by atoms with Gasteiger partial charge in [-0.05, 0) is 48.8 Å². The number of halogens is 1. The summed E-state index contributed by atoms with van der Waals surface area (Å²) in [5.41, 5.74) is 1.52. The Bertz CT molecular complexity index is 445. The van der Waals surface area contributed by atoms with Crippen LogP contribution >= 0.6 is 15.9 Å². The first-order valence-electron chi connectivity index (χ1n) is 8.21. The highest BCUT2D eigenvalue weighted by Gasteiger charge is 2.35. The third-order valence-corrected chi connectivity index (χ3v) is 6.14. The number of hydrogen-bond acceptors (Lipinski definition) is 1. The standard InChI is InChI=1S/C18H26BrN/c1-13-5-4-6-14(11-13)15-9-10-20-12-17(15)16-7-2-3-8-18(16)19/h2-3,7-8,13-15,17,20H,4-6,9-12H2,1H3. The lowest BCUT2D eigenvalue weighted by Crippen LogP contribution is -2.39. The first kappa shape index (κ1) is 14.6. The molecule has 20 heavy (non-hydrogen) atoms. The summed E-state index contributed by atoms with van der Waals surface area (Å²) in [6.07, 6.45) is 7.14. The predicted octanol–water partition coefficient (Wildman–Crippen LogP) is 4.97. The maximum absolute atomic E-state index is 3.77. The molecule has 3 rings (SSSR count). The largest absolute Gasteiger partial charge is 0.316 e. The summed E-state index contributed by atoms with van der Waals surface area (Å²) in [5.74, 6) is 3.44. The maximum Gasteiger partial charge on any atom is 0.0210 e. The first-order chi connectivity index (χ1) is 9.75. The van der Waals surface area contributed by atoms with Gasteiger partial charge in [-0.2, -0.15) is 0 Å². The van der Waals surface area contributed by atoms with Gasteiger partial charge in [0.1, 0.15) is 0 Å². The first-order valence-corrected chi connectivity index (χ1v) is 9.00. The van der Waals surface area contributed by atoms with E-state index in [4.69, 9.17) is 0 Å². The van der Waals surface area contributed by atoms with Crippen LogP contribution in [0, 0.1) is 17.8 Å². The van der Waals surface area contributed by atoms with Gasteiger partial charge in [-0.1, -0.05) is 60.3 Å². The molecule has 0 amide bonds. The Morgan fingerprint density at radius 3 is 2.80 bits per heavy atom. The highest BCUT2D eigenvalue weighted by atomic mass is 79.9. The number of piperidine rings is 1. The number of nitrogens with one attached hydrogen (secondary N) is 1. The minimum atomic E-state index is 0.689. The summed E-state index contributed by atoms with van der Waals surface area (Å²) in [4.78, 5) is 0.